The van der Waals surface area contributed by atoms with Crippen LogP contribution in [0.3, 0.4) is 0 Å². The van der Waals surface area contributed by atoms with Gasteiger partial charge in [-0.3, -0.25) is 14.4 Å². The minimum atomic E-state index is -0.979. The molecule has 0 radical (unpaired) electrons. The van der Waals surface area contributed by atoms with Crippen LogP contribution in [-0.2, 0) is 16.1 Å². The largest absolute Gasteiger partial charge is 0.454 e. The first kappa shape index (κ1) is 20.2. The fourth-order valence-electron chi connectivity index (χ4n) is 3.82. The molecule has 5 rings (SSSR count). The van der Waals surface area contributed by atoms with Crippen LogP contribution in [0.2, 0.25) is 0 Å². The standard InChI is InChI=1S/C23H17FN2O5S/c24-15-4-6-16(7-5-15)26-21(27)11-17(22(26)28)25(23(29)20-2-1-9-32-20)12-14-3-8-18-19(10-14)31-13-30-18/h1-10,17H,11-13H2. The molecule has 0 bridgehead atoms. The van der Waals surface area contributed by atoms with Crippen LogP contribution in [-0.4, -0.2) is 35.5 Å². The third kappa shape index (κ3) is 3.60. The third-order valence-corrected chi connectivity index (χ3v) is 6.22. The van der Waals surface area contributed by atoms with Crippen molar-refractivity contribution >= 4 is 34.7 Å². The summed E-state index contributed by atoms with van der Waals surface area (Å²) in [5.41, 5.74) is 1.01. The van der Waals surface area contributed by atoms with Gasteiger partial charge in [0.25, 0.3) is 11.8 Å². The summed E-state index contributed by atoms with van der Waals surface area (Å²) in [5, 5.41) is 1.78. The maximum atomic E-state index is 13.3. The summed E-state index contributed by atoms with van der Waals surface area (Å²) in [6, 6.07) is 12.9. The molecule has 0 spiro atoms. The average molecular weight is 452 g/mol. The summed E-state index contributed by atoms with van der Waals surface area (Å²) in [7, 11) is 0. The molecule has 1 saturated heterocycles. The molecule has 3 amide bonds. The molecule has 1 aromatic heterocycles. The normalized spacial score (nSPS) is 17.2. The van der Waals surface area contributed by atoms with Crippen LogP contribution < -0.4 is 14.4 Å². The van der Waals surface area contributed by atoms with E-state index in [-0.39, 0.29) is 31.4 Å². The molecule has 1 fully saturated rings. The molecule has 0 aliphatic carbocycles. The zero-order valence-electron chi connectivity index (χ0n) is 16.7. The predicted octanol–water partition coefficient (Wildman–Crippen LogP) is 3.59. The van der Waals surface area contributed by atoms with Gasteiger partial charge in [0.1, 0.15) is 11.9 Å². The van der Waals surface area contributed by atoms with Crippen molar-refractivity contribution in [2.75, 3.05) is 11.7 Å². The lowest BCUT2D eigenvalue weighted by Gasteiger charge is -2.27. The molecular weight excluding hydrogens is 435 g/mol. The van der Waals surface area contributed by atoms with E-state index in [0.29, 0.717) is 16.4 Å². The van der Waals surface area contributed by atoms with Gasteiger partial charge in [0.15, 0.2) is 11.5 Å². The van der Waals surface area contributed by atoms with Gasteiger partial charge in [-0.25, -0.2) is 9.29 Å². The van der Waals surface area contributed by atoms with Gasteiger partial charge < -0.3 is 14.4 Å². The van der Waals surface area contributed by atoms with Gasteiger partial charge in [-0.15, -0.1) is 11.3 Å². The van der Waals surface area contributed by atoms with Crippen molar-refractivity contribution in [1.29, 1.82) is 0 Å². The van der Waals surface area contributed by atoms with E-state index in [1.54, 1.807) is 35.7 Å². The molecule has 3 heterocycles. The summed E-state index contributed by atoms with van der Waals surface area (Å²) < 4.78 is 24.1. The summed E-state index contributed by atoms with van der Waals surface area (Å²) in [4.78, 5) is 42.2. The highest BCUT2D eigenvalue weighted by molar-refractivity contribution is 7.12. The van der Waals surface area contributed by atoms with Crippen molar-refractivity contribution in [3.05, 3.63) is 76.2 Å². The second-order valence-corrected chi connectivity index (χ2v) is 8.31. The van der Waals surface area contributed by atoms with Gasteiger partial charge in [-0.2, -0.15) is 0 Å². The Morgan fingerprint density at radius 3 is 2.62 bits per heavy atom. The van der Waals surface area contributed by atoms with Crippen LogP contribution in [0.5, 0.6) is 11.5 Å². The lowest BCUT2D eigenvalue weighted by atomic mass is 10.1. The van der Waals surface area contributed by atoms with Crippen LogP contribution in [0.25, 0.3) is 0 Å². The number of halogens is 1. The molecule has 3 aromatic rings. The van der Waals surface area contributed by atoms with Crippen molar-refractivity contribution < 1.29 is 28.2 Å². The van der Waals surface area contributed by atoms with E-state index < -0.39 is 23.7 Å². The zero-order valence-corrected chi connectivity index (χ0v) is 17.5. The van der Waals surface area contributed by atoms with E-state index in [0.717, 1.165) is 10.5 Å². The molecule has 1 atom stereocenters. The number of benzene rings is 2. The fourth-order valence-corrected chi connectivity index (χ4v) is 4.50. The molecule has 2 aromatic carbocycles. The number of carbonyl (C=O) groups is 3. The van der Waals surface area contributed by atoms with E-state index in [1.807, 2.05) is 0 Å². The number of imide groups is 1. The highest BCUT2D eigenvalue weighted by Crippen LogP contribution is 2.34. The highest BCUT2D eigenvalue weighted by Gasteiger charge is 2.44. The van der Waals surface area contributed by atoms with Crippen molar-refractivity contribution in [2.24, 2.45) is 0 Å². The highest BCUT2D eigenvalue weighted by atomic mass is 32.1. The molecule has 2 aliphatic rings. The van der Waals surface area contributed by atoms with Crippen molar-refractivity contribution in [1.82, 2.24) is 4.90 Å². The second kappa shape index (κ2) is 8.08. The number of rotatable bonds is 5. The van der Waals surface area contributed by atoms with Gasteiger partial charge in [0, 0.05) is 6.54 Å². The smallest absolute Gasteiger partial charge is 0.264 e. The van der Waals surface area contributed by atoms with Crippen LogP contribution in [0.15, 0.2) is 60.0 Å². The number of hydrogen-bond donors (Lipinski definition) is 0. The average Bonchev–Trinajstić information content (AvgIpc) is 3.53. The minimum absolute atomic E-state index is 0.105. The molecule has 2 aliphatic heterocycles. The van der Waals surface area contributed by atoms with Crippen LogP contribution >= 0.6 is 11.3 Å². The van der Waals surface area contributed by atoms with E-state index in [1.165, 1.54) is 40.5 Å². The molecule has 32 heavy (non-hydrogen) atoms. The molecule has 9 heteroatoms. The number of nitrogens with zero attached hydrogens (tertiary/aromatic N) is 2. The Bertz CT molecular complexity index is 1200. The predicted molar refractivity (Wildman–Crippen MR) is 114 cm³/mol. The van der Waals surface area contributed by atoms with E-state index >= 15 is 0 Å². The van der Waals surface area contributed by atoms with E-state index in [4.69, 9.17) is 9.47 Å². The lowest BCUT2D eigenvalue weighted by molar-refractivity contribution is -0.122. The van der Waals surface area contributed by atoms with E-state index in [9.17, 15) is 18.8 Å². The first-order chi connectivity index (χ1) is 15.5. The third-order valence-electron chi connectivity index (χ3n) is 5.37. The number of carbonyl (C=O) groups excluding carboxylic acids is 3. The summed E-state index contributed by atoms with van der Waals surface area (Å²) >= 11 is 1.26. The lowest BCUT2D eigenvalue weighted by Crippen LogP contribution is -2.44. The van der Waals surface area contributed by atoms with Gasteiger partial charge in [0.2, 0.25) is 12.7 Å². The molecule has 162 valence electrons. The van der Waals surface area contributed by atoms with Crippen molar-refractivity contribution in [3.8, 4) is 11.5 Å². The number of amides is 3. The zero-order chi connectivity index (χ0) is 22.2. The van der Waals surface area contributed by atoms with Crippen molar-refractivity contribution in [3.63, 3.8) is 0 Å². The number of hydrogen-bond acceptors (Lipinski definition) is 6. The minimum Gasteiger partial charge on any atom is -0.454 e. The number of thiophene rings is 1. The Balaban J connectivity index is 1.47. The Hall–Kier alpha value is -3.72. The SMILES string of the molecule is O=C1CC(N(Cc2ccc3c(c2)OCO3)C(=O)c2cccs2)C(=O)N1c1ccc(F)cc1. The quantitative estimate of drug-likeness (QED) is 0.553. The van der Waals surface area contributed by atoms with Crippen LogP contribution in [0.4, 0.5) is 10.1 Å². The summed E-state index contributed by atoms with van der Waals surface area (Å²) in [5.74, 6) is -0.604. The maximum absolute atomic E-state index is 13.3. The molecule has 7 nitrogen and oxygen atoms in total. The monoisotopic (exact) mass is 452 g/mol. The van der Waals surface area contributed by atoms with E-state index in [2.05, 4.69) is 0 Å². The maximum Gasteiger partial charge on any atom is 0.264 e. The van der Waals surface area contributed by atoms with Gasteiger partial charge in [-0.05, 0) is 53.4 Å². The van der Waals surface area contributed by atoms with Gasteiger partial charge in [0.05, 0.1) is 17.0 Å². The second-order valence-electron chi connectivity index (χ2n) is 7.36. The van der Waals surface area contributed by atoms with Crippen LogP contribution in [0.1, 0.15) is 21.7 Å². The van der Waals surface area contributed by atoms with Gasteiger partial charge in [-0.1, -0.05) is 12.1 Å². The molecule has 0 saturated carbocycles. The Labute approximate surface area is 186 Å². The Kier molecular flexibility index (Phi) is 5.10. The summed E-state index contributed by atoms with van der Waals surface area (Å²) in [6.45, 7) is 0.229. The Morgan fingerprint density at radius 1 is 1.09 bits per heavy atom. The van der Waals surface area contributed by atoms with Crippen molar-refractivity contribution in [2.45, 2.75) is 19.0 Å². The summed E-state index contributed by atoms with van der Waals surface area (Å²) in [6.07, 6.45) is -0.155. The number of fused-ring (bicyclic) bond motifs is 1. The molecule has 0 N–H and O–H groups in total. The number of ether oxygens (including phenoxy) is 2. The Morgan fingerprint density at radius 2 is 1.88 bits per heavy atom. The molecule has 1 unspecified atom stereocenters. The first-order valence-electron chi connectivity index (χ1n) is 9.86. The van der Waals surface area contributed by atoms with Gasteiger partial charge >= 0.3 is 0 Å². The fraction of sp³-hybridized carbons (Fsp3) is 0.174. The molecular formula is C23H17FN2O5S. The first-order valence-corrected chi connectivity index (χ1v) is 10.7. The topological polar surface area (TPSA) is 76.1 Å². The van der Waals surface area contributed by atoms with Crippen LogP contribution in [0, 0.1) is 5.82 Å². The number of anilines is 1.